The van der Waals surface area contributed by atoms with E-state index in [4.69, 9.17) is 4.74 Å². The number of carbonyl (C=O) groups excluding carboxylic acids is 1. The van der Waals surface area contributed by atoms with E-state index in [9.17, 15) is 14.3 Å². The highest BCUT2D eigenvalue weighted by molar-refractivity contribution is 5.89. The molecule has 1 unspecified atom stereocenters. The maximum atomic E-state index is 12.8. The van der Waals surface area contributed by atoms with Gasteiger partial charge in [0.25, 0.3) is 0 Å². The minimum absolute atomic E-state index is 0.0165. The highest BCUT2D eigenvalue weighted by Crippen LogP contribution is 2.17. The molecule has 0 radical (unpaired) electrons. The summed E-state index contributed by atoms with van der Waals surface area (Å²) in [7, 11) is 0. The van der Waals surface area contributed by atoms with E-state index < -0.39 is 12.1 Å². The van der Waals surface area contributed by atoms with E-state index in [2.05, 4.69) is 10.6 Å². The van der Waals surface area contributed by atoms with Gasteiger partial charge in [-0.1, -0.05) is 18.2 Å². The number of carbonyl (C=O) groups is 1. The summed E-state index contributed by atoms with van der Waals surface area (Å²) in [5, 5.41) is 15.2. The van der Waals surface area contributed by atoms with Crippen LogP contribution in [0.5, 0.6) is 5.75 Å². The summed E-state index contributed by atoms with van der Waals surface area (Å²) in [5.41, 5.74) is 1.12. The van der Waals surface area contributed by atoms with Gasteiger partial charge in [0, 0.05) is 18.3 Å². The second-order valence-electron chi connectivity index (χ2n) is 4.86. The highest BCUT2D eigenvalue weighted by Gasteiger charge is 2.10. The van der Waals surface area contributed by atoms with Crippen LogP contribution in [0.15, 0.2) is 48.5 Å². The van der Waals surface area contributed by atoms with Gasteiger partial charge in [-0.05, 0) is 36.8 Å². The Bertz CT molecular complexity index is 647. The molecule has 0 heterocycles. The van der Waals surface area contributed by atoms with Gasteiger partial charge in [-0.2, -0.15) is 0 Å². The zero-order valence-corrected chi connectivity index (χ0v) is 12.8. The van der Waals surface area contributed by atoms with Crippen LogP contribution in [0.25, 0.3) is 0 Å². The summed E-state index contributed by atoms with van der Waals surface area (Å²) in [5.74, 6) is 0.289. The molecule has 2 amide bonds. The summed E-state index contributed by atoms with van der Waals surface area (Å²) in [6, 6.07) is 12.0. The standard InChI is InChI=1S/C17H19FN2O3/c1-2-23-15-5-3-4-14(10-15)20-17(22)19-11-16(21)12-6-8-13(18)9-7-12/h3-10,16,21H,2,11H2,1H3,(H2,19,20,22). The van der Waals surface area contributed by atoms with E-state index in [1.807, 2.05) is 6.92 Å². The zero-order valence-electron chi connectivity index (χ0n) is 12.8. The van der Waals surface area contributed by atoms with E-state index in [0.29, 0.717) is 23.6 Å². The third-order valence-corrected chi connectivity index (χ3v) is 3.11. The highest BCUT2D eigenvalue weighted by atomic mass is 19.1. The van der Waals surface area contributed by atoms with Crippen molar-refractivity contribution in [2.75, 3.05) is 18.5 Å². The molecule has 0 aromatic heterocycles. The lowest BCUT2D eigenvalue weighted by Crippen LogP contribution is -2.32. The van der Waals surface area contributed by atoms with Gasteiger partial charge in [0.2, 0.25) is 0 Å². The van der Waals surface area contributed by atoms with Gasteiger partial charge in [-0.3, -0.25) is 0 Å². The number of aliphatic hydroxyl groups is 1. The average Bonchev–Trinajstić information content (AvgIpc) is 2.54. The summed E-state index contributed by atoms with van der Waals surface area (Å²) in [6.45, 7) is 2.44. The minimum atomic E-state index is -0.906. The Morgan fingerprint density at radius 2 is 2.00 bits per heavy atom. The Labute approximate surface area is 134 Å². The van der Waals surface area contributed by atoms with Crippen molar-refractivity contribution in [2.45, 2.75) is 13.0 Å². The molecule has 0 saturated heterocycles. The van der Waals surface area contributed by atoms with Crippen molar-refractivity contribution in [3.05, 3.63) is 59.9 Å². The number of urea groups is 1. The molecule has 2 aromatic rings. The molecule has 23 heavy (non-hydrogen) atoms. The topological polar surface area (TPSA) is 70.6 Å². The van der Waals surface area contributed by atoms with E-state index >= 15 is 0 Å². The molecule has 6 heteroatoms. The first-order valence-corrected chi connectivity index (χ1v) is 7.29. The molecular weight excluding hydrogens is 299 g/mol. The molecule has 0 spiro atoms. The van der Waals surface area contributed by atoms with E-state index in [1.165, 1.54) is 24.3 Å². The van der Waals surface area contributed by atoms with Gasteiger partial charge < -0.3 is 20.5 Å². The van der Waals surface area contributed by atoms with Crippen LogP contribution in [0.4, 0.5) is 14.9 Å². The Morgan fingerprint density at radius 3 is 2.70 bits per heavy atom. The molecule has 122 valence electrons. The van der Waals surface area contributed by atoms with Crippen LogP contribution in [-0.4, -0.2) is 24.3 Å². The maximum absolute atomic E-state index is 12.8. The smallest absolute Gasteiger partial charge is 0.319 e. The molecular formula is C17H19FN2O3. The lowest BCUT2D eigenvalue weighted by molar-refractivity contribution is 0.175. The van der Waals surface area contributed by atoms with Crippen molar-refractivity contribution in [1.29, 1.82) is 0 Å². The maximum Gasteiger partial charge on any atom is 0.319 e. The van der Waals surface area contributed by atoms with Crippen molar-refractivity contribution < 1.29 is 19.0 Å². The number of aliphatic hydroxyl groups excluding tert-OH is 1. The fourth-order valence-electron chi connectivity index (χ4n) is 2.00. The normalized spacial score (nSPS) is 11.6. The summed E-state index contributed by atoms with van der Waals surface area (Å²) < 4.78 is 18.2. The molecule has 5 nitrogen and oxygen atoms in total. The van der Waals surface area contributed by atoms with E-state index in [1.54, 1.807) is 24.3 Å². The molecule has 0 saturated carbocycles. The molecule has 2 rings (SSSR count). The molecule has 0 fully saturated rings. The summed E-state index contributed by atoms with van der Waals surface area (Å²) in [6.07, 6.45) is -0.906. The van der Waals surface area contributed by atoms with E-state index in [-0.39, 0.29) is 12.4 Å². The lowest BCUT2D eigenvalue weighted by atomic mass is 10.1. The molecule has 0 bridgehead atoms. The molecule has 0 aliphatic carbocycles. The molecule has 2 aromatic carbocycles. The number of nitrogens with one attached hydrogen (secondary N) is 2. The summed E-state index contributed by atoms with van der Waals surface area (Å²) >= 11 is 0. The van der Waals surface area contributed by atoms with Gasteiger partial charge >= 0.3 is 6.03 Å². The van der Waals surface area contributed by atoms with Crippen molar-refractivity contribution in [1.82, 2.24) is 5.32 Å². The fourth-order valence-corrected chi connectivity index (χ4v) is 2.00. The first-order valence-electron chi connectivity index (χ1n) is 7.29. The van der Waals surface area contributed by atoms with Crippen LogP contribution in [0.1, 0.15) is 18.6 Å². The summed E-state index contributed by atoms with van der Waals surface area (Å²) in [4.78, 5) is 11.8. The van der Waals surface area contributed by atoms with Crippen LogP contribution in [0, 0.1) is 5.82 Å². The number of rotatable bonds is 6. The minimum Gasteiger partial charge on any atom is -0.494 e. The average molecular weight is 318 g/mol. The Hall–Kier alpha value is -2.60. The lowest BCUT2D eigenvalue weighted by Gasteiger charge is -2.13. The van der Waals surface area contributed by atoms with Crippen molar-refractivity contribution in [2.24, 2.45) is 0 Å². The molecule has 0 aliphatic heterocycles. The number of ether oxygens (including phenoxy) is 1. The monoisotopic (exact) mass is 318 g/mol. The Balaban J connectivity index is 1.85. The number of anilines is 1. The largest absolute Gasteiger partial charge is 0.494 e. The molecule has 3 N–H and O–H groups in total. The van der Waals surface area contributed by atoms with Crippen molar-refractivity contribution in [3.63, 3.8) is 0 Å². The predicted molar refractivity (Wildman–Crippen MR) is 86.0 cm³/mol. The van der Waals surface area contributed by atoms with Crippen molar-refractivity contribution >= 4 is 11.7 Å². The fraction of sp³-hybridized carbons (Fsp3) is 0.235. The third-order valence-electron chi connectivity index (χ3n) is 3.11. The SMILES string of the molecule is CCOc1cccc(NC(=O)NCC(O)c2ccc(F)cc2)c1. The first kappa shape index (κ1) is 16.8. The number of halogens is 1. The van der Waals surface area contributed by atoms with Gasteiger partial charge in [0.15, 0.2) is 0 Å². The van der Waals surface area contributed by atoms with Crippen LogP contribution >= 0.6 is 0 Å². The number of hydrogen-bond acceptors (Lipinski definition) is 3. The second-order valence-corrected chi connectivity index (χ2v) is 4.86. The predicted octanol–water partition coefficient (Wildman–Crippen LogP) is 3.08. The van der Waals surface area contributed by atoms with Gasteiger partial charge in [-0.15, -0.1) is 0 Å². The van der Waals surface area contributed by atoms with Crippen LogP contribution < -0.4 is 15.4 Å². The van der Waals surface area contributed by atoms with Crippen molar-refractivity contribution in [3.8, 4) is 5.75 Å². The molecule has 1 atom stereocenters. The number of amides is 2. The molecule has 0 aliphatic rings. The van der Waals surface area contributed by atoms with Crippen LogP contribution in [-0.2, 0) is 0 Å². The first-order chi connectivity index (χ1) is 11.1. The second kappa shape index (κ2) is 8.14. The van der Waals surface area contributed by atoms with Gasteiger partial charge in [0.1, 0.15) is 11.6 Å². The zero-order chi connectivity index (χ0) is 16.7. The van der Waals surface area contributed by atoms with Crippen LogP contribution in [0.2, 0.25) is 0 Å². The third kappa shape index (κ3) is 5.27. The Kier molecular flexibility index (Phi) is 5.94. The van der Waals surface area contributed by atoms with Gasteiger partial charge in [0.05, 0.1) is 12.7 Å². The van der Waals surface area contributed by atoms with E-state index in [0.717, 1.165) is 0 Å². The Morgan fingerprint density at radius 1 is 1.26 bits per heavy atom. The quantitative estimate of drug-likeness (QED) is 0.766. The van der Waals surface area contributed by atoms with Crippen LogP contribution in [0.3, 0.4) is 0 Å². The number of hydrogen-bond donors (Lipinski definition) is 3. The van der Waals surface area contributed by atoms with Gasteiger partial charge in [-0.25, -0.2) is 9.18 Å². The number of benzene rings is 2.